The fourth-order valence-electron chi connectivity index (χ4n) is 3.40. The Labute approximate surface area is 168 Å². The minimum Gasteiger partial charge on any atom is -0.496 e. The number of piperazine rings is 1. The minimum absolute atomic E-state index is 0.0373. The first-order valence-corrected chi connectivity index (χ1v) is 9.34. The summed E-state index contributed by atoms with van der Waals surface area (Å²) in [6, 6.07) is 14.5. The van der Waals surface area contributed by atoms with Crippen molar-refractivity contribution in [1.29, 1.82) is 0 Å². The highest BCUT2D eigenvalue weighted by atomic mass is 16.5. The third-order valence-electron chi connectivity index (χ3n) is 5.02. The molecule has 148 valence electrons. The second-order valence-corrected chi connectivity index (χ2v) is 6.70. The molecule has 1 aliphatic rings. The highest BCUT2D eigenvalue weighted by Crippen LogP contribution is 2.20. The molecule has 1 aromatic heterocycles. The van der Waals surface area contributed by atoms with Crippen LogP contribution in [0.5, 0.6) is 5.75 Å². The van der Waals surface area contributed by atoms with Gasteiger partial charge in [0.2, 0.25) is 0 Å². The van der Waals surface area contributed by atoms with Crippen LogP contribution in [0, 0.1) is 0 Å². The lowest BCUT2D eigenvalue weighted by molar-refractivity contribution is 0.0533. The molecule has 0 saturated carbocycles. The van der Waals surface area contributed by atoms with Crippen LogP contribution in [0.1, 0.15) is 20.7 Å². The zero-order chi connectivity index (χ0) is 20.2. The van der Waals surface area contributed by atoms with Crippen LogP contribution in [0.2, 0.25) is 0 Å². The molecule has 29 heavy (non-hydrogen) atoms. The largest absolute Gasteiger partial charge is 0.496 e. The molecule has 2 heterocycles. The van der Waals surface area contributed by atoms with Crippen molar-refractivity contribution < 1.29 is 14.3 Å². The van der Waals surface area contributed by atoms with Crippen LogP contribution in [0.4, 0.5) is 0 Å². The van der Waals surface area contributed by atoms with Gasteiger partial charge in [-0.25, -0.2) is 0 Å². The molecule has 0 bridgehead atoms. The number of aromatic nitrogens is 3. The summed E-state index contributed by atoms with van der Waals surface area (Å²) in [5.41, 5.74) is 2.05. The molecule has 1 fully saturated rings. The first kappa shape index (κ1) is 18.7. The zero-order valence-corrected chi connectivity index (χ0v) is 16.1. The normalized spacial score (nSPS) is 14.0. The van der Waals surface area contributed by atoms with Gasteiger partial charge in [0, 0.05) is 37.4 Å². The molecule has 0 N–H and O–H groups in total. The maximum absolute atomic E-state index is 12.8. The monoisotopic (exact) mass is 391 g/mol. The van der Waals surface area contributed by atoms with E-state index < -0.39 is 0 Å². The number of ether oxygens (including phenoxy) is 1. The van der Waals surface area contributed by atoms with E-state index in [1.165, 1.54) is 0 Å². The molecule has 0 radical (unpaired) electrons. The van der Waals surface area contributed by atoms with Crippen LogP contribution in [0.3, 0.4) is 0 Å². The predicted molar refractivity (Wildman–Crippen MR) is 106 cm³/mol. The van der Waals surface area contributed by atoms with Gasteiger partial charge in [-0.3, -0.25) is 14.2 Å². The van der Waals surface area contributed by atoms with E-state index in [0.29, 0.717) is 43.1 Å². The van der Waals surface area contributed by atoms with E-state index in [-0.39, 0.29) is 11.8 Å². The van der Waals surface area contributed by atoms with Gasteiger partial charge in [-0.2, -0.15) is 0 Å². The van der Waals surface area contributed by atoms with Gasteiger partial charge in [0.15, 0.2) is 0 Å². The average molecular weight is 391 g/mol. The van der Waals surface area contributed by atoms with Gasteiger partial charge in [0.1, 0.15) is 18.4 Å². The van der Waals surface area contributed by atoms with Crippen LogP contribution in [-0.2, 0) is 0 Å². The molecule has 0 spiro atoms. The summed E-state index contributed by atoms with van der Waals surface area (Å²) in [6.45, 7) is 1.96. The van der Waals surface area contributed by atoms with Gasteiger partial charge < -0.3 is 14.5 Å². The molecule has 8 nitrogen and oxygen atoms in total. The molecule has 0 atom stereocenters. The van der Waals surface area contributed by atoms with Crippen molar-refractivity contribution in [2.24, 2.45) is 0 Å². The van der Waals surface area contributed by atoms with Gasteiger partial charge in [-0.05, 0) is 36.4 Å². The second-order valence-electron chi connectivity index (χ2n) is 6.70. The number of amides is 2. The van der Waals surface area contributed by atoms with Gasteiger partial charge in [0.05, 0.1) is 12.7 Å². The molecule has 3 aromatic rings. The number of rotatable bonds is 4. The van der Waals surface area contributed by atoms with Crippen LogP contribution < -0.4 is 4.74 Å². The third-order valence-corrected chi connectivity index (χ3v) is 5.02. The maximum atomic E-state index is 12.8. The Morgan fingerprint density at radius 1 is 0.828 bits per heavy atom. The first-order valence-electron chi connectivity index (χ1n) is 9.34. The number of carbonyl (C=O) groups excluding carboxylic acids is 2. The molecule has 2 aromatic carbocycles. The number of carbonyl (C=O) groups is 2. The predicted octanol–water partition coefficient (Wildman–Crippen LogP) is 1.87. The highest BCUT2D eigenvalue weighted by Gasteiger charge is 2.26. The Kier molecular flexibility index (Phi) is 5.24. The van der Waals surface area contributed by atoms with E-state index in [1.54, 1.807) is 58.4 Å². The van der Waals surface area contributed by atoms with Crippen LogP contribution in [-0.4, -0.2) is 69.7 Å². The minimum atomic E-state index is -0.0761. The van der Waals surface area contributed by atoms with E-state index in [9.17, 15) is 9.59 Å². The van der Waals surface area contributed by atoms with Crippen LogP contribution in [0.25, 0.3) is 5.69 Å². The molecule has 4 rings (SSSR count). The molecule has 1 saturated heterocycles. The average Bonchev–Trinajstić information content (AvgIpc) is 3.33. The lowest BCUT2D eigenvalue weighted by atomic mass is 10.1. The van der Waals surface area contributed by atoms with E-state index in [4.69, 9.17) is 4.74 Å². The van der Waals surface area contributed by atoms with E-state index in [1.807, 2.05) is 24.3 Å². The maximum Gasteiger partial charge on any atom is 0.257 e. The third kappa shape index (κ3) is 3.82. The summed E-state index contributed by atoms with van der Waals surface area (Å²) >= 11 is 0. The Morgan fingerprint density at radius 2 is 1.41 bits per heavy atom. The van der Waals surface area contributed by atoms with Gasteiger partial charge in [-0.15, -0.1) is 10.2 Å². The Bertz CT molecular complexity index is 993. The second kappa shape index (κ2) is 8.14. The van der Waals surface area contributed by atoms with E-state index in [0.717, 1.165) is 5.69 Å². The molecular formula is C21H21N5O3. The summed E-state index contributed by atoms with van der Waals surface area (Å²) in [7, 11) is 1.55. The Balaban J connectivity index is 1.39. The SMILES string of the molecule is COc1ccccc1C(=O)N1CCN(C(=O)c2ccc(-n3cnnc3)cc2)CC1. The van der Waals surface area contributed by atoms with Crippen LogP contribution in [0.15, 0.2) is 61.2 Å². The fraction of sp³-hybridized carbons (Fsp3) is 0.238. The zero-order valence-electron chi connectivity index (χ0n) is 16.1. The summed E-state index contributed by atoms with van der Waals surface area (Å²) < 4.78 is 7.06. The van der Waals surface area contributed by atoms with Crippen molar-refractivity contribution in [3.8, 4) is 11.4 Å². The van der Waals surface area contributed by atoms with Gasteiger partial charge in [-0.1, -0.05) is 12.1 Å². The van der Waals surface area contributed by atoms with Crippen molar-refractivity contribution in [3.63, 3.8) is 0 Å². The number of nitrogens with zero attached hydrogens (tertiary/aromatic N) is 5. The number of hydrogen-bond donors (Lipinski definition) is 0. The summed E-state index contributed by atoms with van der Waals surface area (Å²) in [5, 5.41) is 7.56. The number of benzene rings is 2. The first-order chi connectivity index (χ1) is 14.2. The molecule has 0 aliphatic carbocycles. The van der Waals surface area contributed by atoms with Crippen molar-refractivity contribution in [2.45, 2.75) is 0 Å². The molecule has 0 unspecified atom stereocenters. The van der Waals surface area contributed by atoms with Crippen molar-refractivity contribution in [1.82, 2.24) is 24.6 Å². The summed E-state index contributed by atoms with van der Waals surface area (Å²) in [6.07, 6.45) is 3.21. The standard InChI is InChI=1S/C21H21N5O3/c1-29-19-5-3-2-4-18(19)21(28)25-12-10-24(11-13-25)20(27)16-6-8-17(9-7-16)26-14-22-23-15-26/h2-9,14-15H,10-13H2,1H3. The summed E-state index contributed by atoms with van der Waals surface area (Å²) in [5.74, 6) is 0.446. The topological polar surface area (TPSA) is 80.6 Å². The van der Waals surface area contributed by atoms with Crippen molar-refractivity contribution >= 4 is 11.8 Å². The molecule has 2 amide bonds. The molecule has 8 heteroatoms. The molecular weight excluding hydrogens is 370 g/mol. The van der Waals surface area contributed by atoms with Crippen molar-refractivity contribution in [2.75, 3.05) is 33.3 Å². The van der Waals surface area contributed by atoms with Crippen LogP contribution >= 0.6 is 0 Å². The highest BCUT2D eigenvalue weighted by molar-refractivity contribution is 5.97. The van der Waals surface area contributed by atoms with E-state index in [2.05, 4.69) is 10.2 Å². The number of hydrogen-bond acceptors (Lipinski definition) is 5. The summed E-state index contributed by atoms with van der Waals surface area (Å²) in [4.78, 5) is 29.2. The number of para-hydroxylation sites is 1. The Hall–Kier alpha value is -3.68. The lowest BCUT2D eigenvalue weighted by Gasteiger charge is -2.35. The lowest BCUT2D eigenvalue weighted by Crippen LogP contribution is -2.50. The van der Waals surface area contributed by atoms with Gasteiger partial charge in [0.25, 0.3) is 11.8 Å². The smallest absolute Gasteiger partial charge is 0.257 e. The molecule has 1 aliphatic heterocycles. The fourth-order valence-corrected chi connectivity index (χ4v) is 3.40. The van der Waals surface area contributed by atoms with Gasteiger partial charge >= 0.3 is 0 Å². The van der Waals surface area contributed by atoms with E-state index >= 15 is 0 Å². The quantitative estimate of drug-likeness (QED) is 0.678. The van der Waals surface area contributed by atoms with Crippen molar-refractivity contribution in [3.05, 3.63) is 72.3 Å². The number of methoxy groups -OCH3 is 1. The Morgan fingerprint density at radius 3 is 2.03 bits per heavy atom.